The normalized spacial score (nSPS) is 15.0. The first-order chi connectivity index (χ1) is 16.3. The molecule has 178 valence electrons. The summed E-state index contributed by atoms with van der Waals surface area (Å²) in [5, 5.41) is 0.989. The van der Waals surface area contributed by atoms with Gasteiger partial charge in [-0.3, -0.25) is 9.36 Å². The quantitative estimate of drug-likeness (QED) is 0.379. The molecule has 5 rings (SSSR count). The third kappa shape index (κ3) is 3.95. The number of thiophene rings is 1. The van der Waals surface area contributed by atoms with Crippen LogP contribution in [0.2, 0.25) is 0 Å². The predicted molar refractivity (Wildman–Crippen MR) is 138 cm³/mol. The molecule has 0 fully saturated rings. The molecule has 0 bridgehead atoms. The van der Waals surface area contributed by atoms with Gasteiger partial charge in [-0.15, -0.1) is 11.3 Å². The molecule has 0 saturated heterocycles. The van der Waals surface area contributed by atoms with E-state index in [1.807, 2.05) is 18.2 Å². The molecule has 34 heavy (non-hydrogen) atoms. The Kier molecular flexibility index (Phi) is 6.03. The molecule has 0 radical (unpaired) electrons. The van der Waals surface area contributed by atoms with Crippen molar-refractivity contribution in [3.05, 3.63) is 57.3 Å². The molecule has 0 spiro atoms. The third-order valence-corrected chi connectivity index (χ3v) is 7.86. The fraction of sp³-hybridized carbons (Fsp3) is 0.400. The van der Waals surface area contributed by atoms with Crippen LogP contribution in [-0.2, 0) is 30.1 Å². The largest absolute Gasteiger partial charge is 0.497 e. The van der Waals surface area contributed by atoms with E-state index in [2.05, 4.69) is 20.1 Å². The van der Waals surface area contributed by atoms with Crippen LogP contribution in [0, 0.1) is 0 Å². The van der Waals surface area contributed by atoms with Gasteiger partial charge in [0.25, 0.3) is 5.56 Å². The van der Waals surface area contributed by atoms with Crippen LogP contribution in [0.5, 0.6) is 11.5 Å². The monoisotopic (exact) mass is 497 g/mol. The second kappa shape index (κ2) is 8.87. The van der Waals surface area contributed by atoms with Crippen molar-refractivity contribution in [3.63, 3.8) is 0 Å². The van der Waals surface area contributed by atoms with E-state index >= 15 is 0 Å². The Morgan fingerprint density at radius 1 is 1.26 bits per heavy atom. The molecular formula is C25H27N3O4S2. The number of hydrogen-bond acceptors (Lipinski definition) is 8. The van der Waals surface area contributed by atoms with Gasteiger partial charge in [-0.25, -0.2) is 9.97 Å². The van der Waals surface area contributed by atoms with Crippen LogP contribution >= 0.6 is 23.1 Å². The van der Waals surface area contributed by atoms with E-state index in [1.165, 1.54) is 16.9 Å². The minimum atomic E-state index is -0.247. The minimum absolute atomic E-state index is 0.0736. The van der Waals surface area contributed by atoms with E-state index in [0.29, 0.717) is 29.4 Å². The zero-order chi connectivity index (χ0) is 24.0. The fourth-order valence-corrected chi connectivity index (χ4v) is 6.21. The topological polar surface area (TPSA) is 75.5 Å². The first-order valence-corrected chi connectivity index (χ1v) is 13.2. The molecule has 0 aliphatic carbocycles. The second-order valence-electron chi connectivity index (χ2n) is 8.99. The van der Waals surface area contributed by atoms with Gasteiger partial charge >= 0.3 is 0 Å². The number of thioether (sulfide) groups is 1. The highest BCUT2D eigenvalue weighted by molar-refractivity contribution is 7.97. The lowest BCUT2D eigenvalue weighted by atomic mass is 9.93. The summed E-state index contributed by atoms with van der Waals surface area (Å²) in [4.78, 5) is 24.2. The SMILES string of the molecule is COc1ccc(Cn2cnc3c(sc4nc5c(c(CSC)c43)COC(C)(C)C5)c2=O)c(OC)c1. The Morgan fingerprint density at radius 2 is 2.09 bits per heavy atom. The van der Waals surface area contributed by atoms with Crippen molar-refractivity contribution < 1.29 is 14.2 Å². The standard InChI is InChI=1S/C25H27N3O4S2/c1-25(2)9-18-16(11-32-25)17(12-33-5)20-21-22(34-23(20)27-18)24(29)28(13-26-21)10-14-6-7-15(30-3)8-19(14)31-4/h6-8,13H,9-12H2,1-5H3. The summed E-state index contributed by atoms with van der Waals surface area (Å²) >= 11 is 3.19. The van der Waals surface area contributed by atoms with E-state index in [-0.39, 0.29) is 11.2 Å². The van der Waals surface area contributed by atoms with Crippen LogP contribution < -0.4 is 15.0 Å². The summed E-state index contributed by atoms with van der Waals surface area (Å²) < 4.78 is 19.2. The molecule has 1 aromatic carbocycles. The van der Waals surface area contributed by atoms with E-state index in [9.17, 15) is 4.79 Å². The smallest absolute Gasteiger partial charge is 0.271 e. The number of aromatic nitrogens is 3. The number of benzene rings is 1. The molecule has 0 N–H and O–H groups in total. The molecule has 0 unspecified atom stereocenters. The van der Waals surface area contributed by atoms with Gasteiger partial charge in [0, 0.05) is 34.8 Å². The molecule has 9 heteroatoms. The minimum Gasteiger partial charge on any atom is -0.497 e. The first-order valence-electron chi connectivity index (χ1n) is 11.0. The predicted octanol–water partition coefficient (Wildman–Crippen LogP) is 4.79. The van der Waals surface area contributed by atoms with Crippen molar-refractivity contribution in [2.75, 3.05) is 20.5 Å². The molecular weight excluding hydrogens is 470 g/mol. The van der Waals surface area contributed by atoms with E-state index in [0.717, 1.165) is 44.7 Å². The van der Waals surface area contributed by atoms with Crippen molar-refractivity contribution in [2.45, 2.75) is 44.8 Å². The Balaban J connectivity index is 1.65. The van der Waals surface area contributed by atoms with Gasteiger partial charge in [0.2, 0.25) is 0 Å². The highest BCUT2D eigenvalue weighted by Gasteiger charge is 2.31. The van der Waals surface area contributed by atoms with Crippen LogP contribution in [-0.4, -0.2) is 40.6 Å². The summed E-state index contributed by atoms with van der Waals surface area (Å²) in [6, 6.07) is 5.59. The molecule has 0 atom stereocenters. The number of fused-ring (bicyclic) bond motifs is 4. The Hall–Kier alpha value is -2.62. The fourth-order valence-electron chi connectivity index (χ4n) is 4.48. The second-order valence-corrected chi connectivity index (χ2v) is 10.9. The molecule has 4 heterocycles. The van der Waals surface area contributed by atoms with E-state index in [1.54, 1.807) is 36.9 Å². The Bertz CT molecular complexity index is 1460. The number of rotatable bonds is 6. The first kappa shape index (κ1) is 23.1. The average Bonchev–Trinajstić information content (AvgIpc) is 3.19. The van der Waals surface area contributed by atoms with Crippen molar-refractivity contribution in [1.29, 1.82) is 0 Å². The Morgan fingerprint density at radius 3 is 2.82 bits per heavy atom. The van der Waals surface area contributed by atoms with Crippen LogP contribution in [0.1, 0.15) is 36.2 Å². The van der Waals surface area contributed by atoms with Gasteiger partial charge in [0.15, 0.2) is 0 Å². The van der Waals surface area contributed by atoms with Crippen LogP contribution in [0.4, 0.5) is 0 Å². The van der Waals surface area contributed by atoms with Gasteiger partial charge in [-0.2, -0.15) is 11.8 Å². The van der Waals surface area contributed by atoms with Gasteiger partial charge in [-0.1, -0.05) is 0 Å². The maximum Gasteiger partial charge on any atom is 0.271 e. The van der Waals surface area contributed by atoms with Crippen molar-refractivity contribution in [2.24, 2.45) is 0 Å². The molecule has 0 amide bonds. The summed E-state index contributed by atoms with van der Waals surface area (Å²) in [5.41, 5.74) is 4.70. The summed E-state index contributed by atoms with van der Waals surface area (Å²) in [7, 11) is 3.22. The van der Waals surface area contributed by atoms with Gasteiger partial charge in [0.1, 0.15) is 21.0 Å². The van der Waals surface area contributed by atoms with E-state index in [4.69, 9.17) is 24.2 Å². The molecule has 1 aliphatic heterocycles. The highest BCUT2D eigenvalue weighted by atomic mass is 32.2. The molecule has 0 saturated carbocycles. The third-order valence-electron chi connectivity index (χ3n) is 6.22. The average molecular weight is 498 g/mol. The van der Waals surface area contributed by atoms with Gasteiger partial charge in [-0.05, 0) is 37.8 Å². The highest BCUT2D eigenvalue weighted by Crippen LogP contribution is 2.39. The van der Waals surface area contributed by atoms with Gasteiger partial charge in [0.05, 0.1) is 50.5 Å². The van der Waals surface area contributed by atoms with Crippen molar-refractivity contribution in [1.82, 2.24) is 14.5 Å². The molecule has 7 nitrogen and oxygen atoms in total. The van der Waals surface area contributed by atoms with Gasteiger partial charge < -0.3 is 14.2 Å². The van der Waals surface area contributed by atoms with Crippen LogP contribution in [0.15, 0.2) is 29.3 Å². The van der Waals surface area contributed by atoms with Crippen molar-refractivity contribution in [3.8, 4) is 11.5 Å². The maximum atomic E-state index is 13.5. The van der Waals surface area contributed by atoms with Crippen molar-refractivity contribution >= 4 is 43.5 Å². The summed E-state index contributed by atoms with van der Waals surface area (Å²) in [6.45, 7) is 5.07. The molecule has 1 aliphatic rings. The molecule has 3 aromatic heterocycles. The van der Waals surface area contributed by atoms with Crippen LogP contribution in [0.3, 0.4) is 0 Å². The van der Waals surface area contributed by atoms with E-state index < -0.39 is 0 Å². The zero-order valence-corrected chi connectivity index (χ0v) is 21.6. The number of hydrogen-bond donors (Lipinski definition) is 0. The summed E-state index contributed by atoms with van der Waals surface area (Å²) in [5.74, 6) is 2.20. The number of methoxy groups -OCH3 is 2. The lowest BCUT2D eigenvalue weighted by Crippen LogP contribution is -2.33. The molecule has 4 aromatic rings. The summed E-state index contributed by atoms with van der Waals surface area (Å²) in [6.07, 6.45) is 4.47. The lowest BCUT2D eigenvalue weighted by Gasteiger charge is -2.32. The number of ether oxygens (including phenoxy) is 3. The number of pyridine rings is 1. The lowest BCUT2D eigenvalue weighted by molar-refractivity contribution is -0.0414. The van der Waals surface area contributed by atoms with Crippen LogP contribution in [0.25, 0.3) is 20.4 Å². The maximum absolute atomic E-state index is 13.5. The zero-order valence-electron chi connectivity index (χ0n) is 19.9. The Labute approximate surface area is 206 Å². The number of nitrogens with zero attached hydrogens (tertiary/aromatic N) is 3.